The third kappa shape index (κ3) is 3.56. The Morgan fingerprint density at radius 2 is 1.32 bits per heavy atom. The molecule has 96 valence electrons. The zero-order valence-electron chi connectivity index (χ0n) is 9.92. The van der Waals surface area contributed by atoms with Crippen LogP contribution in [0.15, 0.2) is 54.6 Å². The molecule has 3 aromatic rings. The van der Waals surface area contributed by atoms with Crippen LogP contribution in [0.4, 0.5) is 5.82 Å². The summed E-state index contributed by atoms with van der Waals surface area (Å²) < 4.78 is 0. The fourth-order valence-corrected chi connectivity index (χ4v) is 1.85. The lowest BCUT2D eigenvalue weighted by atomic mass is 10.2. The molecule has 19 heavy (non-hydrogen) atoms. The highest BCUT2D eigenvalue weighted by Gasteiger charge is 2.02. The molecular formula is C14H11Cl2N3. The molecule has 1 heterocycles. The molecule has 0 spiro atoms. The third-order valence-electron chi connectivity index (χ3n) is 2.40. The Balaban J connectivity index is 0.000000163. The van der Waals surface area contributed by atoms with Gasteiger partial charge in [0, 0.05) is 15.8 Å². The summed E-state index contributed by atoms with van der Waals surface area (Å²) in [4.78, 5) is 0. The highest BCUT2D eigenvalue weighted by Crippen LogP contribution is 2.23. The van der Waals surface area contributed by atoms with Gasteiger partial charge in [-0.2, -0.15) is 0 Å². The van der Waals surface area contributed by atoms with Crippen molar-refractivity contribution in [1.82, 2.24) is 10.2 Å². The van der Waals surface area contributed by atoms with E-state index in [9.17, 15) is 0 Å². The van der Waals surface area contributed by atoms with Crippen molar-refractivity contribution in [3.05, 3.63) is 64.8 Å². The molecule has 0 fully saturated rings. The molecule has 0 saturated carbocycles. The molecule has 0 amide bonds. The van der Waals surface area contributed by atoms with E-state index >= 15 is 0 Å². The SMILES string of the molecule is Clc1ccccc1.Nc1nnc(Cl)c2ccccc12. The van der Waals surface area contributed by atoms with Crippen molar-refractivity contribution >= 4 is 39.8 Å². The van der Waals surface area contributed by atoms with Gasteiger partial charge >= 0.3 is 0 Å². The Hall–Kier alpha value is -1.84. The maximum atomic E-state index is 5.80. The first-order chi connectivity index (χ1) is 9.18. The Bertz CT molecular complexity index is 631. The van der Waals surface area contributed by atoms with Crippen molar-refractivity contribution in [3.8, 4) is 0 Å². The van der Waals surface area contributed by atoms with Gasteiger partial charge in [0.15, 0.2) is 11.0 Å². The van der Waals surface area contributed by atoms with Crippen LogP contribution in [0.2, 0.25) is 10.2 Å². The topological polar surface area (TPSA) is 51.8 Å². The second kappa shape index (κ2) is 6.36. The molecule has 0 aliphatic heterocycles. The number of hydrogen-bond acceptors (Lipinski definition) is 3. The van der Waals surface area contributed by atoms with Crippen LogP contribution in [0.5, 0.6) is 0 Å². The number of nitrogens with zero attached hydrogens (tertiary/aromatic N) is 2. The lowest BCUT2D eigenvalue weighted by molar-refractivity contribution is 1.06. The Morgan fingerprint density at radius 3 is 1.84 bits per heavy atom. The standard InChI is InChI=1S/C8H6ClN3.C6H5Cl/c9-7-5-3-1-2-4-6(5)8(10)12-11-7;7-6-4-2-1-3-5-6/h1-4H,(H2,10,12);1-5H. The molecule has 0 aliphatic rings. The van der Waals surface area contributed by atoms with Gasteiger partial charge in [0.05, 0.1) is 0 Å². The van der Waals surface area contributed by atoms with Gasteiger partial charge in [-0.05, 0) is 12.1 Å². The zero-order chi connectivity index (χ0) is 13.7. The minimum absolute atomic E-state index is 0.389. The molecule has 3 rings (SSSR count). The fraction of sp³-hybridized carbons (Fsp3) is 0. The van der Waals surface area contributed by atoms with Crippen molar-refractivity contribution in [2.75, 3.05) is 5.73 Å². The van der Waals surface area contributed by atoms with Crippen LogP contribution in [-0.2, 0) is 0 Å². The van der Waals surface area contributed by atoms with Crippen molar-refractivity contribution < 1.29 is 0 Å². The summed E-state index contributed by atoms with van der Waals surface area (Å²) in [6.45, 7) is 0. The Kier molecular flexibility index (Phi) is 4.55. The van der Waals surface area contributed by atoms with Crippen LogP contribution in [0.3, 0.4) is 0 Å². The number of aromatic nitrogens is 2. The molecule has 0 saturated heterocycles. The minimum Gasteiger partial charge on any atom is -0.382 e. The van der Waals surface area contributed by atoms with E-state index < -0.39 is 0 Å². The molecule has 5 heteroatoms. The largest absolute Gasteiger partial charge is 0.382 e. The highest BCUT2D eigenvalue weighted by molar-refractivity contribution is 6.34. The summed E-state index contributed by atoms with van der Waals surface area (Å²) in [6.07, 6.45) is 0. The molecule has 0 unspecified atom stereocenters. The highest BCUT2D eigenvalue weighted by atomic mass is 35.5. The normalized spacial score (nSPS) is 9.79. The third-order valence-corrected chi connectivity index (χ3v) is 2.94. The smallest absolute Gasteiger partial charge is 0.159 e. The lowest BCUT2D eigenvalue weighted by Gasteiger charge is -1.99. The van der Waals surface area contributed by atoms with E-state index in [1.54, 1.807) is 0 Å². The van der Waals surface area contributed by atoms with E-state index in [-0.39, 0.29) is 0 Å². The first-order valence-corrected chi connectivity index (χ1v) is 6.31. The molecule has 3 nitrogen and oxygen atoms in total. The van der Waals surface area contributed by atoms with Gasteiger partial charge in [-0.25, -0.2) is 0 Å². The molecule has 0 atom stereocenters. The second-order valence-electron chi connectivity index (χ2n) is 3.72. The lowest BCUT2D eigenvalue weighted by Crippen LogP contribution is -1.94. The van der Waals surface area contributed by atoms with Crippen LogP contribution >= 0.6 is 23.2 Å². The van der Waals surface area contributed by atoms with E-state index in [0.29, 0.717) is 11.0 Å². The molecule has 2 aromatic carbocycles. The monoisotopic (exact) mass is 291 g/mol. The maximum Gasteiger partial charge on any atom is 0.159 e. The molecule has 0 bridgehead atoms. The summed E-state index contributed by atoms with van der Waals surface area (Å²) in [6, 6.07) is 16.9. The van der Waals surface area contributed by atoms with E-state index in [2.05, 4.69) is 10.2 Å². The zero-order valence-corrected chi connectivity index (χ0v) is 11.4. The maximum absolute atomic E-state index is 5.80. The number of benzene rings is 2. The van der Waals surface area contributed by atoms with E-state index in [4.69, 9.17) is 28.9 Å². The number of fused-ring (bicyclic) bond motifs is 1. The Labute approximate surface area is 121 Å². The summed E-state index contributed by atoms with van der Waals surface area (Å²) in [5.74, 6) is 0.412. The summed E-state index contributed by atoms with van der Waals surface area (Å²) >= 11 is 11.3. The fourth-order valence-electron chi connectivity index (χ4n) is 1.51. The van der Waals surface area contributed by atoms with Gasteiger partial charge in [0.1, 0.15) is 0 Å². The first kappa shape index (κ1) is 13.6. The molecule has 0 aliphatic carbocycles. The van der Waals surface area contributed by atoms with Crippen molar-refractivity contribution in [1.29, 1.82) is 0 Å². The Morgan fingerprint density at radius 1 is 0.737 bits per heavy atom. The molecular weight excluding hydrogens is 281 g/mol. The number of hydrogen-bond donors (Lipinski definition) is 1. The molecule has 1 aromatic heterocycles. The summed E-state index contributed by atoms with van der Waals surface area (Å²) in [5, 5.41) is 10.3. The van der Waals surface area contributed by atoms with Crippen LogP contribution < -0.4 is 5.73 Å². The molecule has 0 radical (unpaired) electrons. The van der Waals surface area contributed by atoms with E-state index in [1.807, 2.05) is 54.6 Å². The van der Waals surface area contributed by atoms with Crippen LogP contribution in [0, 0.1) is 0 Å². The van der Waals surface area contributed by atoms with Crippen LogP contribution in [-0.4, -0.2) is 10.2 Å². The molecule has 2 N–H and O–H groups in total. The van der Waals surface area contributed by atoms with Gasteiger partial charge < -0.3 is 5.73 Å². The van der Waals surface area contributed by atoms with Gasteiger partial charge in [-0.15, -0.1) is 10.2 Å². The van der Waals surface area contributed by atoms with Gasteiger partial charge in [0.2, 0.25) is 0 Å². The average molecular weight is 292 g/mol. The van der Waals surface area contributed by atoms with Gasteiger partial charge in [-0.1, -0.05) is 65.7 Å². The van der Waals surface area contributed by atoms with Gasteiger partial charge in [0.25, 0.3) is 0 Å². The number of rotatable bonds is 0. The number of nitrogen functional groups attached to an aromatic ring is 1. The number of halogens is 2. The summed E-state index contributed by atoms with van der Waals surface area (Å²) in [7, 11) is 0. The van der Waals surface area contributed by atoms with Crippen LogP contribution in [0.1, 0.15) is 0 Å². The number of nitrogens with two attached hydrogens (primary N) is 1. The predicted molar refractivity (Wildman–Crippen MR) is 80.4 cm³/mol. The van der Waals surface area contributed by atoms with E-state index in [0.717, 1.165) is 15.8 Å². The van der Waals surface area contributed by atoms with Crippen molar-refractivity contribution in [2.24, 2.45) is 0 Å². The first-order valence-electron chi connectivity index (χ1n) is 5.55. The van der Waals surface area contributed by atoms with Gasteiger partial charge in [-0.3, -0.25) is 0 Å². The summed E-state index contributed by atoms with van der Waals surface area (Å²) in [5.41, 5.74) is 5.59. The quantitative estimate of drug-likeness (QED) is 0.675. The average Bonchev–Trinajstić information content (AvgIpc) is 2.45. The predicted octanol–water partition coefficient (Wildman–Crippen LogP) is 4.21. The second-order valence-corrected chi connectivity index (χ2v) is 4.51. The van der Waals surface area contributed by atoms with Crippen LogP contribution in [0.25, 0.3) is 10.8 Å². The van der Waals surface area contributed by atoms with Crippen molar-refractivity contribution in [3.63, 3.8) is 0 Å². The van der Waals surface area contributed by atoms with Crippen molar-refractivity contribution in [2.45, 2.75) is 0 Å². The van der Waals surface area contributed by atoms with E-state index in [1.165, 1.54) is 0 Å². The minimum atomic E-state index is 0.389. The number of anilines is 1.